The van der Waals surface area contributed by atoms with E-state index in [0.29, 0.717) is 11.5 Å². The minimum absolute atomic E-state index is 0.235. The Morgan fingerprint density at radius 2 is 1.36 bits per heavy atom. The van der Waals surface area contributed by atoms with E-state index in [1.54, 1.807) is 5.57 Å². The standard InChI is InChI=1S/C30H58O3Si3/c1-13-23-26(31-34(4,5)6)19-25-22-15-14-21-18-27(32-35(7,8)9)28(33-36(10,11)12)20-30(21,3)24(22)16-17-29(23,25)2/h14,22-28H,13,15-20H2,1-12H3/t22?,23-,24?,25?,26?,27?,28?,29+,30-/m0/s1. The molecule has 0 aliphatic heterocycles. The highest BCUT2D eigenvalue weighted by atomic mass is 28.4. The van der Waals surface area contributed by atoms with Crippen LogP contribution in [0.3, 0.4) is 0 Å². The molecule has 4 rings (SSSR count). The van der Waals surface area contributed by atoms with Crippen molar-refractivity contribution in [2.45, 2.75) is 143 Å². The molecule has 0 N–H and O–H groups in total. The van der Waals surface area contributed by atoms with Gasteiger partial charge in [0.1, 0.15) is 0 Å². The summed E-state index contributed by atoms with van der Waals surface area (Å²) in [6.07, 6.45) is 12.4. The fourth-order valence-electron chi connectivity index (χ4n) is 9.20. The monoisotopic (exact) mass is 550 g/mol. The lowest BCUT2D eigenvalue weighted by Crippen LogP contribution is -2.56. The minimum Gasteiger partial charge on any atom is -0.414 e. The molecular formula is C30H58O3Si3. The molecule has 4 aliphatic carbocycles. The van der Waals surface area contributed by atoms with Gasteiger partial charge >= 0.3 is 0 Å². The van der Waals surface area contributed by atoms with Crippen LogP contribution in [0.5, 0.6) is 0 Å². The molecule has 0 heterocycles. The van der Waals surface area contributed by atoms with Crippen molar-refractivity contribution in [1.29, 1.82) is 0 Å². The summed E-state index contributed by atoms with van der Waals surface area (Å²) in [4.78, 5) is 0. The van der Waals surface area contributed by atoms with Crippen LogP contribution < -0.4 is 0 Å². The second kappa shape index (κ2) is 9.72. The van der Waals surface area contributed by atoms with Gasteiger partial charge in [0, 0.05) is 6.10 Å². The summed E-state index contributed by atoms with van der Waals surface area (Å²) in [5, 5.41) is 0. The molecule has 0 spiro atoms. The number of fused-ring (bicyclic) bond motifs is 5. The molecule has 0 bridgehead atoms. The fraction of sp³-hybridized carbons (Fsp3) is 0.933. The summed E-state index contributed by atoms with van der Waals surface area (Å²) in [6, 6.07) is 0. The average Bonchev–Trinajstić information content (AvgIpc) is 2.95. The molecule has 3 fully saturated rings. The molecule has 3 saturated carbocycles. The number of rotatable bonds is 7. The molecule has 0 amide bonds. The van der Waals surface area contributed by atoms with E-state index in [9.17, 15) is 0 Å². The van der Waals surface area contributed by atoms with Crippen molar-refractivity contribution in [3.63, 3.8) is 0 Å². The summed E-state index contributed by atoms with van der Waals surface area (Å²) >= 11 is 0. The first kappa shape index (κ1) is 29.3. The lowest BCUT2D eigenvalue weighted by atomic mass is 9.47. The quantitative estimate of drug-likeness (QED) is 0.234. The van der Waals surface area contributed by atoms with E-state index in [2.05, 4.69) is 85.8 Å². The zero-order valence-electron chi connectivity index (χ0n) is 25.8. The maximum atomic E-state index is 6.94. The average molecular weight is 551 g/mol. The van der Waals surface area contributed by atoms with Crippen molar-refractivity contribution < 1.29 is 13.3 Å². The van der Waals surface area contributed by atoms with Crippen LogP contribution >= 0.6 is 0 Å². The first-order valence-corrected chi connectivity index (χ1v) is 25.3. The van der Waals surface area contributed by atoms with Gasteiger partial charge in [-0.05, 0) is 132 Å². The van der Waals surface area contributed by atoms with Crippen molar-refractivity contribution in [1.82, 2.24) is 0 Å². The molecule has 6 unspecified atom stereocenters. The van der Waals surface area contributed by atoms with E-state index < -0.39 is 25.0 Å². The van der Waals surface area contributed by atoms with Gasteiger partial charge in [-0.1, -0.05) is 38.8 Å². The van der Waals surface area contributed by atoms with Gasteiger partial charge in [0.15, 0.2) is 25.0 Å². The van der Waals surface area contributed by atoms with Gasteiger partial charge in [0.2, 0.25) is 0 Å². The predicted octanol–water partition coefficient (Wildman–Crippen LogP) is 8.86. The molecule has 208 valence electrons. The van der Waals surface area contributed by atoms with Gasteiger partial charge in [0.05, 0.1) is 12.2 Å². The molecule has 0 aromatic heterocycles. The normalized spacial score (nSPS) is 43.4. The van der Waals surface area contributed by atoms with E-state index in [1.807, 2.05) is 0 Å². The maximum absolute atomic E-state index is 6.94. The zero-order chi connectivity index (χ0) is 26.9. The lowest BCUT2D eigenvalue weighted by Gasteiger charge is -2.59. The second-order valence-electron chi connectivity index (χ2n) is 16.3. The number of allylic oxidation sites excluding steroid dienone is 1. The van der Waals surface area contributed by atoms with Gasteiger partial charge < -0.3 is 13.3 Å². The highest BCUT2D eigenvalue weighted by Crippen LogP contribution is 2.67. The highest BCUT2D eigenvalue weighted by molar-refractivity contribution is 6.70. The highest BCUT2D eigenvalue weighted by Gasteiger charge is 2.62. The van der Waals surface area contributed by atoms with Crippen molar-refractivity contribution in [2.75, 3.05) is 0 Å². The molecule has 0 aromatic carbocycles. The third-order valence-corrected chi connectivity index (χ3v) is 13.3. The van der Waals surface area contributed by atoms with E-state index in [1.165, 1.54) is 32.1 Å². The van der Waals surface area contributed by atoms with E-state index in [4.69, 9.17) is 13.3 Å². The van der Waals surface area contributed by atoms with Crippen LogP contribution in [0, 0.1) is 34.5 Å². The van der Waals surface area contributed by atoms with Crippen LogP contribution in [0.2, 0.25) is 58.9 Å². The molecule has 0 saturated heterocycles. The molecule has 9 atom stereocenters. The van der Waals surface area contributed by atoms with Crippen molar-refractivity contribution >= 4 is 25.0 Å². The van der Waals surface area contributed by atoms with Crippen LogP contribution in [-0.4, -0.2) is 43.3 Å². The van der Waals surface area contributed by atoms with Crippen LogP contribution in [-0.2, 0) is 13.3 Å². The Balaban J connectivity index is 1.64. The summed E-state index contributed by atoms with van der Waals surface area (Å²) in [6.45, 7) is 28.9. The summed E-state index contributed by atoms with van der Waals surface area (Å²) in [5.41, 5.74) is 2.40. The van der Waals surface area contributed by atoms with Crippen molar-refractivity contribution in [3.05, 3.63) is 11.6 Å². The van der Waals surface area contributed by atoms with Gasteiger partial charge in [-0.15, -0.1) is 0 Å². The van der Waals surface area contributed by atoms with Gasteiger partial charge in [-0.2, -0.15) is 0 Å². The molecular weight excluding hydrogens is 493 g/mol. The molecule has 0 radical (unpaired) electrons. The van der Waals surface area contributed by atoms with Crippen LogP contribution in [0.4, 0.5) is 0 Å². The van der Waals surface area contributed by atoms with Crippen molar-refractivity contribution in [3.8, 4) is 0 Å². The van der Waals surface area contributed by atoms with Crippen molar-refractivity contribution in [2.24, 2.45) is 34.5 Å². The molecule has 4 aliphatic rings. The second-order valence-corrected chi connectivity index (χ2v) is 29.6. The number of hydrogen-bond donors (Lipinski definition) is 0. The lowest BCUT2D eigenvalue weighted by molar-refractivity contribution is -0.0781. The Labute approximate surface area is 226 Å². The largest absolute Gasteiger partial charge is 0.414 e. The summed E-state index contributed by atoms with van der Waals surface area (Å²) in [5.74, 6) is 3.09. The molecule has 6 heteroatoms. The fourth-order valence-corrected chi connectivity index (χ4v) is 12.7. The van der Waals surface area contributed by atoms with Crippen LogP contribution in [0.25, 0.3) is 0 Å². The smallest absolute Gasteiger partial charge is 0.184 e. The first-order chi connectivity index (χ1) is 16.4. The third-order valence-electron chi connectivity index (χ3n) is 10.3. The zero-order valence-corrected chi connectivity index (χ0v) is 28.8. The molecule has 3 nitrogen and oxygen atoms in total. The SMILES string of the molecule is CC[C@H]1C(O[Si](C)(C)C)CC2C3CC=C4CC(O[Si](C)(C)C)C(O[Si](C)(C)C)C[C@]4(C)C3CC[C@@]21C. The van der Waals surface area contributed by atoms with Gasteiger partial charge in [-0.3, -0.25) is 0 Å². The van der Waals surface area contributed by atoms with E-state index in [-0.39, 0.29) is 17.6 Å². The molecule has 0 aromatic rings. The maximum Gasteiger partial charge on any atom is 0.184 e. The minimum atomic E-state index is -1.67. The van der Waals surface area contributed by atoms with Gasteiger partial charge in [-0.25, -0.2) is 0 Å². The van der Waals surface area contributed by atoms with Crippen LogP contribution in [0.1, 0.15) is 65.7 Å². The van der Waals surface area contributed by atoms with Crippen LogP contribution in [0.15, 0.2) is 11.6 Å². The Morgan fingerprint density at radius 1 is 0.806 bits per heavy atom. The van der Waals surface area contributed by atoms with E-state index >= 15 is 0 Å². The Hall–Kier alpha value is 0.271. The summed E-state index contributed by atoms with van der Waals surface area (Å²) < 4.78 is 20.7. The summed E-state index contributed by atoms with van der Waals surface area (Å²) in [7, 11) is -4.88. The Bertz CT molecular complexity index is 838. The number of hydrogen-bond acceptors (Lipinski definition) is 3. The predicted molar refractivity (Wildman–Crippen MR) is 161 cm³/mol. The Kier molecular flexibility index (Phi) is 7.90. The third kappa shape index (κ3) is 5.74. The Morgan fingerprint density at radius 3 is 1.92 bits per heavy atom. The van der Waals surface area contributed by atoms with E-state index in [0.717, 1.165) is 36.5 Å². The molecule has 36 heavy (non-hydrogen) atoms. The topological polar surface area (TPSA) is 27.7 Å². The first-order valence-electron chi connectivity index (χ1n) is 15.1. The van der Waals surface area contributed by atoms with Gasteiger partial charge in [0.25, 0.3) is 0 Å².